The lowest BCUT2D eigenvalue weighted by Crippen LogP contribution is -2.13. The molecule has 0 aliphatic carbocycles. The predicted octanol–water partition coefficient (Wildman–Crippen LogP) is 5.26. The average molecular weight is 371 g/mol. The van der Waals surface area contributed by atoms with Gasteiger partial charge < -0.3 is 14.5 Å². The van der Waals surface area contributed by atoms with E-state index in [9.17, 15) is 0 Å². The van der Waals surface area contributed by atoms with Crippen molar-refractivity contribution in [2.24, 2.45) is 0 Å². The van der Waals surface area contributed by atoms with Crippen LogP contribution in [-0.2, 0) is 0 Å². The van der Waals surface area contributed by atoms with Crippen LogP contribution in [0.5, 0.6) is 5.75 Å². The normalized spacial score (nSPS) is 11.8. The summed E-state index contributed by atoms with van der Waals surface area (Å²) in [6, 6.07) is 25.5. The highest BCUT2D eigenvalue weighted by Gasteiger charge is 2.22. The van der Waals surface area contributed by atoms with E-state index in [1.807, 2.05) is 85.8 Å². The summed E-state index contributed by atoms with van der Waals surface area (Å²) in [4.78, 5) is 0. The van der Waals surface area contributed by atoms with Gasteiger partial charge >= 0.3 is 0 Å². The minimum atomic E-state index is -0.304. The number of benzene rings is 3. The van der Waals surface area contributed by atoms with Crippen molar-refractivity contribution in [2.45, 2.75) is 13.0 Å². The molecule has 0 fully saturated rings. The molecular formula is C23H21N3O2. The molecule has 1 atom stereocenters. The van der Waals surface area contributed by atoms with Crippen LogP contribution in [0.3, 0.4) is 0 Å². The summed E-state index contributed by atoms with van der Waals surface area (Å²) in [7, 11) is 1.66. The van der Waals surface area contributed by atoms with Crippen LogP contribution >= 0.6 is 0 Å². The van der Waals surface area contributed by atoms with Gasteiger partial charge in [-0.25, -0.2) is 0 Å². The lowest BCUT2D eigenvalue weighted by molar-refractivity contribution is 0.415. The molecule has 4 aromatic rings. The van der Waals surface area contributed by atoms with Crippen molar-refractivity contribution in [3.8, 4) is 17.2 Å². The number of anilines is 1. The second-order valence-corrected chi connectivity index (χ2v) is 6.50. The third-order valence-corrected chi connectivity index (χ3v) is 4.50. The molecular weight excluding hydrogens is 350 g/mol. The summed E-state index contributed by atoms with van der Waals surface area (Å²) in [6.45, 7) is 2.04. The molecule has 1 aromatic heterocycles. The van der Waals surface area contributed by atoms with Gasteiger partial charge in [-0.3, -0.25) is 0 Å². The van der Waals surface area contributed by atoms with Gasteiger partial charge in [-0.2, -0.15) is 0 Å². The number of aromatic nitrogens is 2. The van der Waals surface area contributed by atoms with Gasteiger partial charge in [0.05, 0.1) is 12.8 Å². The summed E-state index contributed by atoms with van der Waals surface area (Å²) in [6.07, 6.45) is 0. The van der Waals surface area contributed by atoms with Gasteiger partial charge in [0.25, 0.3) is 0 Å². The Kier molecular flexibility index (Phi) is 5.06. The summed E-state index contributed by atoms with van der Waals surface area (Å²) in [5.41, 5.74) is 3.91. The van der Waals surface area contributed by atoms with Crippen molar-refractivity contribution in [3.05, 3.63) is 95.9 Å². The fourth-order valence-corrected chi connectivity index (χ4v) is 3.07. The van der Waals surface area contributed by atoms with Gasteiger partial charge in [0.15, 0.2) is 0 Å². The highest BCUT2D eigenvalue weighted by Crippen LogP contribution is 2.33. The van der Waals surface area contributed by atoms with Crippen molar-refractivity contribution >= 4 is 5.69 Å². The van der Waals surface area contributed by atoms with Crippen molar-refractivity contribution in [1.82, 2.24) is 10.2 Å². The Hall–Kier alpha value is -3.60. The van der Waals surface area contributed by atoms with Crippen LogP contribution in [0.4, 0.5) is 5.69 Å². The highest BCUT2D eigenvalue weighted by atomic mass is 16.5. The van der Waals surface area contributed by atoms with E-state index >= 15 is 0 Å². The molecule has 1 heterocycles. The van der Waals surface area contributed by atoms with E-state index in [-0.39, 0.29) is 6.04 Å². The topological polar surface area (TPSA) is 60.2 Å². The van der Waals surface area contributed by atoms with Crippen LogP contribution in [0.2, 0.25) is 0 Å². The highest BCUT2D eigenvalue weighted by molar-refractivity contribution is 5.60. The number of rotatable bonds is 6. The van der Waals surface area contributed by atoms with Crippen LogP contribution in [0, 0.1) is 6.92 Å². The Balaban J connectivity index is 1.74. The van der Waals surface area contributed by atoms with Crippen LogP contribution in [0.15, 0.2) is 83.3 Å². The number of nitrogens with one attached hydrogen (secondary N) is 1. The number of hydrogen-bond acceptors (Lipinski definition) is 5. The molecule has 5 nitrogen and oxygen atoms in total. The number of hydrogen-bond donors (Lipinski definition) is 1. The lowest BCUT2D eigenvalue weighted by atomic mass is 10.1. The van der Waals surface area contributed by atoms with E-state index in [0.29, 0.717) is 11.8 Å². The lowest BCUT2D eigenvalue weighted by Gasteiger charge is -2.19. The molecule has 0 bridgehead atoms. The maximum Gasteiger partial charge on any atom is 0.247 e. The molecule has 0 amide bonds. The zero-order valence-electron chi connectivity index (χ0n) is 15.8. The average Bonchev–Trinajstić information content (AvgIpc) is 3.23. The summed E-state index contributed by atoms with van der Waals surface area (Å²) in [5, 5.41) is 12.1. The summed E-state index contributed by atoms with van der Waals surface area (Å²) < 4.78 is 11.6. The third-order valence-electron chi connectivity index (χ3n) is 4.50. The van der Waals surface area contributed by atoms with Gasteiger partial charge in [-0.05, 0) is 42.3 Å². The maximum atomic E-state index is 6.04. The Morgan fingerprint density at radius 2 is 1.61 bits per heavy atom. The molecule has 0 aliphatic heterocycles. The fourth-order valence-electron chi connectivity index (χ4n) is 3.07. The first-order valence-electron chi connectivity index (χ1n) is 9.09. The monoisotopic (exact) mass is 371 g/mol. The predicted molar refractivity (Wildman–Crippen MR) is 109 cm³/mol. The number of methoxy groups -OCH3 is 1. The minimum absolute atomic E-state index is 0.304. The molecule has 140 valence electrons. The van der Waals surface area contributed by atoms with E-state index in [2.05, 4.69) is 15.5 Å². The number of ether oxygens (including phenoxy) is 1. The Labute approximate surface area is 164 Å². The molecule has 4 rings (SSSR count). The van der Waals surface area contributed by atoms with Gasteiger partial charge in [-0.1, -0.05) is 54.6 Å². The van der Waals surface area contributed by atoms with Crippen LogP contribution < -0.4 is 10.1 Å². The van der Waals surface area contributed by atoms with Crippen molar-refractivity contribution in [2.75, 3.05) is 12.4 Å². The zero-order chi connectivity index (χ0) is 19.3. The van der Waals surface area contributed by atoms with Crippen molar-refractivity contribution < 1.29 is 9.15 Å². The Morgan fingerprint density at radius 1 is 0.893 bits per heavy atom. The molecule has 5 heteroatoms. The van der Waals surface area contributed by atoms with Crippen LogP contribution in [-0.4, -0.2) is 17.3 Å². The number of nitrogens with zero attached hydrogens (tertiary/aromatic N) is 2. The molecule has 0 saturated carbocycles. The van der Waals surface area contributed by atoms with Crippen molar-refractivity contribution in [3.63, 3.8) is 0 Å². The van der Waals surface area contributed by atoms with Crippen LogP contribution in [0.25, 0.3) is 11.5 Å². The SMILES string of the molecule is COc1ccc(C)cc1N[C@@H](c1ccccc1)c1nnc(-c2ccccc2)o1. The van der Waals surface area contributed by atoms with E-state index in [0.717, 1.165) is 28.1 Å². The molecule has 3 aromatic carbocycles. The molecule has 0 unspecified atom stereocenters. The third kappa shape index (κ3) is 3.74. The molecule has 0 saturated heterocycles. The summed E-state index contributed by atoms with van der Waals surface area (Å²) >= 11 is 0. The summed E-state index contributed by atoms with van der Waals surface area (Å²) in [5.74, 6) is 1.75. The molecule has 0 spiro atoms. The largest absolute Gasteiger partial charge is 0.495 e. The maximum absolute atomic E-state index is 6.04. The van der Waals surface area contributed by atoms with E-state index in [4.69, 9.17) is 9.15 Å². The first kappa shape index (κ1) is 17.8. The van der Waals surface area contributed by atoms with Gasteiger partial charge in [0, 0.05) is 5.56 Å². The number of aryl methyl sites for hydroxylation is 1. The molecule has 1 N–H and O–H groups in total. The molecule has 0 aliphatic rings. The van der Waals surface area contributed by atoms with Gasteiger partial charge in [0.2, 0.25) is 11.8 Å². The van der Waals surface area contributed by atoms with E-state index in [1.165, 1.54) is 0 Å². The zero-order valence-corrected chi connectivity index (χ0v) is 15.8. The van der Waals surface area contributed by atoms with Crippen molar-refractivity contribution in [1.29, 1.82) is 0 Å². The fraction of sp³-hybridized carbons (Fsp3) is 0.130. The van der Waals surface area contributed by atoms with Gasteiger partial charge in [-0.15, -0.1) is 10.2 Å². The second kappa shape index (κ2) is 7.96. The first-order chi connectivity index (χ1) is 13.7. The molecule has 0 radical (unpaired) electrons. The quantitative estimate of drug-likeness (QED) is 0.501. The standard InChI is InChI=1S/C23H21N3O2/c1-16-13-14-20(27-2)19(15-16)24-21(17-9-5-3-6-10-17)23-26-25-22(28-23)18-11-7-4-8-12-18/h3-15,21,24H,1-2H3/t21-/m0/s1. The minimum Gasteiger partial charge on any atom is -0.495 e. The Morgan fingerprint density at radius 3 is 2.32 bits per heavy atom. The van der Waals surface area contributed by atoms with Crippen LogP contribution in [0.1, 0.15) is 23.1 Å². The Bertz CT molecular complexity index is 1050. The first-order valence-corrected chi connectivity index (χ1v) is 9.09. The van der Waals surface area contributed by atoms with E-state index in [1.54, 1.807) is 7.11 Å². The smallest absolute Gasteiger partial charge is 0.247 e. The second-order valence-electron chi connectivity index (χ2n) is 6.50. The van der Waals surface area contributed by atoms with Gasteiger partial charge in [0.1, 0.15) is 11.8 Å². The van der Waals surface area contributed by atoms with E-state index < -0.39 is 0 Å². The molecule has 28 heavy (non-hydrogen) atoms.